The number of carbonyl (C=O) groups excluding carboxylic acids is 1. The first-order chi connectivity index (χ1) is 10.8. The first-order valence-electron chi connectivity index (χ1n) is 7.36. The maximum atomic E-state index is 12.5. The van der Waals surface area contributed by atoms with Crippen LogP contribution in [0.15, 0.2) is 29.6 Å². The van der Waals surface area contributed by atoms with E-state index in [9.17, 15) is 4.79 Å². The summed E-state index contributed by atoms with van der Waals surface area (Å²) in [5.74, 6) is 0.175. The second-order valence-electron chi connectivity index (χ2n) is 5.80. The SMILES string of the molecule is Cc1ccc(C)c(N(NC(=O)c2csc(C(C)C)c2)C(N)=S)c1. The molecular weight excluding hydrogens is 326 g/mol. The fourth-order valence-corrected chi connectivity index (χ4v) is 3.18. The van der Waals surface area contributed by atoms with Crippen LogP contribution in [0, 0.1) is 13.8 Å². The molecule has 2 aromatic rings. The second-order valence-corrected chi connectivity index (χ2v) is 7.16. The molecule has 1 heterocycles. The molecule has 1 aromatic carbocycles. The van der Waals surface area contributed by atoms with Crippen LogP contribution in [0.1, 0.15) is 46.1 Å². The van der Waals surface area contributed by atoms with Crippen molar-refractivity contribution in [3.05, 3.63) is 51.2 Å². The molecule has 0 saturated carbocycles. The predicted octanol–water partition coefficient (Wildman–Crippen LogP) is 3.88. The van der Waals surface area contributed by atoms with Gasteiger partial charge in [0.05, 0.1) is 11.3 Å². The van der Waals surface area contributed by atoms with Gasteiger partial charge in [0.15, 0.2) is 5.11 Å². The molecule has 0 atom stereocenters. The van der Waals surface area contributed by atoms with Crippen molar-refractivity contribution in [2.24, 2.45) is 5.73 Å². The number of nitrogens with zero attached hydrogens (tertiary/aromatic N) is 1. The minimum atomic E-state index is -0.221. The fourth-order valence-electron chi connectivity index (χ4n) is 2.14. The number of hydrogen-bond donors (Lipinski definition) is 2. The zero-order chi connectivity index (χ0) is 17.1. The van der Waals surface area contributed by atoms with Crippen molar-refractivity contribution in [3.63, 3.8) is 0 Å². The minimum Gasteiger partial charge on any atom is -0.374 e. The number of carbonyl (C=O) groups is 1. The highest BCUT2D eigenvalue weighted by Gasteiger charge is 2.18. The Kier molecular flexibility index (Phi) is 5.38. The zero-order valence-electron chi connectivity index (χ0n) is 13.7. The minimum absolute atomic E-state index is 0.103. The molecule has 3 N–H and O–H groups in total. The summed E-state index contributed by atoms with van der Waals surface area (Å²) < 4.78 is 0. The van der Waals surface area contributed by atoms with Crippen molar-refractivity contribution in [1.82, 2.24) is 5.43 Å². The number of anilines is 1. The highest BCUT2D eigenvalue weighted by atomic mass is 32.1. The Hall–Kier alpha value is -1.92. The Morgan fingerprint density at radius 3 is 2.57 bits per heavy atom. The van der Waals surface area contributed by atoms with Gasteiger partial charge >= 0.3 is 0 Å². The molecule has 0 aliphatic heterocycles. The van der Waals surface area contributed by atoms with Crippen molar-refractivity contribution in [2.45, 2.75) is 33.6 Å². The molecule has 122 valence electrons. The van der Waals surface area contributed by atoms with Gasteiger partial charge in [-0.25, -0.2) is 5.01 Å². The van der Waals surface area contributed by atoms with E-state index in [-0.39, 0.29) is 11.0 Å². The van der Waals surface area contributed by atoms with E-state index in [0.29, 0.717) is 11.5 Å². The third-order valence-electron chi connectivity index (χ3n) is 3.49. The van der Waals surface area contributed by atoms with Gasteiger partial charge in [0.25, 0.3) is 5.91 Å². The molecule has 2 rings (SSSR count). The van der Waals surface area contributed by atoms with Crippen molar-refractivity contribution < 1.29 is 4.79 Å². The van der Waals surface area contributed by atoms with E-state index in [4.69, 9.17) is 18.0 Å². The summed E-state index contributed by atoms with van der Waals surface area (Å²) >= 11 is 6.69. The molecular formula is C17H21N3OS2. The van der Waals surface area contributed by atoms with Crippen molar-refractivity contribution in [3.8, 4) is 0 Å². The Morgan fingerprint density at radius 1 is 1.30 bits per heavy atom. The van der Waals surface area contributed by atoms with Gasteiger partial charge in [0.1, 0.15) is 0 Å². The van der Waals surface area contributed by atoms with E-state index in [0.717, 1.165) is 16.8 Å². The Labute approximate surface area is 146 Å². The third-order valence-corrected chi connectivity index (χ3v) is 4.91. The fraction of sp³-hybridized carbons (Fsp3) is 0.294. The first-order valence-corrected chi connectivity index (χ1v) is 8.64. The van der Waals surface area contributed by atoms with Gasteiger partial charge in [-0.1, -0.05) is 26.0 Å². The monoisotopic (exact) mass is 347 g/mol. The molecule has 1 amide bonds. The van der Waals surface area contributed by atoms with E-state index in [1.807, 2.05) is 43.5 Å². The molecule has 0 bridgehead atoms. The number of aryl methyl sites for hydroxylation is 2. The summed E-state index contributed by atoms with van der Waals surface area (Å²) in [6.45, 7) is 8.14. The molecule has 0 radical (unpaired) electrons. The van der Waals surface area contributed by atoms with Gasteiger partial charge in [-0.3, -0.25) is 10.2 Å². The van der Waals surface area contributed by atoms with E-state index >= 15 is 0 Å². The largest absolute Gasteiger partial charge is 0.374 e. The number of hydrazine groups is 1. The summed E-state index contributed by atoms with van der Waals surface area (Å²) in [4.78, 5) is 13.7. The standard InChI is InChI=1S/C17H21N3OS2/c1-10(2)15-8-13(9-23-15)16(21)19-20(17(18)22)14-7-11(3)5-6-12(14)4/h5-10H,1-4H3,(H2,18,22)(H,19,21). The highest BCUT2D eigenvalue weighted by Crippen LogP contribution is 2.24. The maximum absolute atomic E-state index is 12.5. The molecule has 0 saturated heterocycles. The van der Waals surface area contributed by atoms with Crippen LogP contribution in [0.25, 0.3) is 0 Å². The number of rotatable bonds is 3. The van der Waals surface area contributed by atoms with Crippen LogP contribution in [0.5, 0.6) is 0 Å². The van der Waals surface area contributed by atoms with Crippen LogP contribution in [0.4, 0.5) is 5.69 Å². The molecule has 1 aromatic heterocycles. The summed E-state index contributed by atoms with van der Waals surface area (Å²) in [5, 5.41) is 3.42. The summed E-state index contributed by atoms with van der Waals surface area (Å²) in [7, 11) is 0. The second kappa shape index (κ2) is 7.10. The van der Waals surface area contributed by atoms with E-state index in [1.165, 1.54) is 9.89 Å². The molecule has 0 aliphatic rings. The number of hydrogen-bond acceptors (Lipinski definition) is 3. The lowest BCUT2D eigenvalue weighted by Crippen LogP contribution is -2.49. The van der Waals surface area contributed by atoms with Gasteiger partial charge in [0.2, 0.25) is 0 Å². The predicted molar refractivity (Wildman–Crippen MR) is 101 cm³/mol. The van der Waals surface area contributed by atoms with Gasteiger partial charge in [0, 0.05) is 10.3 Å². The average Bonchev–Trinajstić information content (AvgIpc) is 2.97. The number of thiophene rings is 1. The first kappa shape index (κ1) is 17.4. The van der Waals surface area contributed by atoms with Crippen LogP contribution in [-0.2, 0) is 0 Å². The lowest BCUT2D eigenvalue weighted by atomic mass is 10.1. The van der Waals surface area contributed by atoms with Gasteiger partial charge in [-0.15, -0.1) is 11.3 Å². The smallest absolute Gasteiger partial charge is 0.271 e. The highest BCUT2D eigenvalue weighted by molar-refractivity contribution is 7.80. The van der Waals surface area contributed by atoms with E-state index < -0.39 is 0 Å². The van der Waals surface area contributed by atoms with E-state index in [2.05, 4.69) is 19.3 Å². The summed E-state index contributed by atoms with van der Waals surface area (Å²) in [6.07, 6.45) is 0. The molecule has 0 unspecified atom stereocenters. The number of thiocarbonyl (C=S) groups is 1. The number of nitrogens with one attached hydrogen (secondary N) is 1. The maximum Gasteiger partial charge on any atom is 0.271 e. The lowest BCUT2D eigenvalue weighted by molar-refractivity contribution is 0.0955. The molecule has 0 fully saturated rings. The summed E-state index contributed by atoms with van der Waals surface area (Å²) in [6, 6.07) is 7.84. The number of nitrogens with two attached hydrogens (primary N) is 1. The quantitative estimate of drug-likeness (QED) is 0.653. The molecule has 23 heavy (non-hydrogen) atoms. The van der Waals surface area contributed by atoms with Gasteiger partial charge in [-0.2, -0.15) is 0 Å². The van der Waals surface area contributed by atoms with Gasteiger partial charge in [-0.05, 0) is 55.2 Å². The molecule has 4 nitrogen and oxygen atoms in total. The van der Waals surface area contributed by atoms with Crippen LogP contribution in [-0.4, -0.2) is 11.0 Å². The molecule has 6 heteroatoms. The van der Waals surface area contributed by atoms with Crippen LogP contribution < -0.4 is 16.2 Å². The number of benzene rings is 1. The normalized spacial score (nSPS) is 10.7. The topological polar surface area (TPSA) is 58.4 Å². The Balaban J connectivity index is 2.27. The van der Waals surface area contributed by atoms with Crippen LogP contribution in [0.3, 0.4) is 0 Å². The molecule has 0 spiro atoms. The van der Waals surface area contributed by atoms with E-state index in [1.54, 1.807) is 11.3 Å². The van der Waals surface area contributed by atoms with Crippen molar-refractivity contribution >= 4 is 40.3 Å². The van der Waals surface area contributed by atoms with Crippen molar-refractivity contribution in [1.29, 1.82) is 0 Å². The molecule has 0 aliphatic carbocycles. The van der Waals surface area contributed by atoms with Crippen LogP contribution >= 0.6 is 23.6 Å². The van der Waals surface area contributed by atoms with Crippen molar-refractivity contribution in [2.75, 3.05) is 5.01 Å². The van der Waals surface area contributed by atoms with Gasteiger partial charge < -0.3 is 5.73 Å². The Bertz CT molecular complexity index is 737. The van der Waals surface area contributed by atoms with Crippen LogP contribution in [0.2, 0.25) is 0 Å². The lowest BCUT2D eigenvalue weighted by Gasteiger charge is -2.25. The Morgan fingerprint density at radius 2 is 2.00 bits per heavy atom. The zero-order valence-corrected chi connectivity index (χ0v) is 15.3. The average molecular weight is 348 g/mol. The summed E-state index contributed by atoms with van der Waals surface area (Å²) in [5.41, 5.74) is 12.1. The third kappa shape index (κ3) is 4.09. The number of amides is 1.